The molecule has 17 heavy (non-hydrogen) atoms. The minimum Gasteiger partial charge on any atom is -0.381 e. The second kappa shape index (κ2) is 5.07. The highest BCUT2D eigenvalue weighted by Gasteiger charge is 2.39. The van der Waals surface area contributed by atoms with Crippen molar-refractivity contribution in [1.82, 2.24) is 4.90 Å². The summed E-state index contributed by atoms with van der Waals surface area (Å²) in [6, 6.07) is 1.12. The molecule has 1 saturated carbocycles. The van der Waals surface area contributed by atoms with Crippen LogP contribution in [0.15, 0.2) is 0 Å². The van der Waals surface area contributed by atoms with Gasteiger partial charge in [-0.15, -0.1) is 0 Å². The van der Waals surface area contributed by atoms with E-state index in [0.29, 0.717) is 17.9 Å². The van der Waals surface area contributed by atoms with Gasteiger partial charge in [0.05, 0.1) is 0 Å². The molecule has 2 atom stereocenters. The minimum atomic E-state index is 0.485. The fourth-order valence-electron chi connectivity index (χ4n) is 3.31. The van der Waals surface area contributed by atoms with E-state index in [1.54, 1.807) is 0 Å². The number of piperidine rings is 1. The standard InChI is InChI=1S/C14H23NO2/c16-14-8-12-4-5-13(9-14)15(12)6-1-7-17-10-11-2-3-11/h11-13H,1-10H2. The summed E-state index contributed by atoms with van der Waals surface area (Å²) >= 11 is 0. The van der Waals surface area contributed by atoms with Gasteiger partial charge < -0.3 is 4.74 Å². The van der Waals surface area contributed by atoms with E-state index in [1.807, 2.05) is 0 Å². The molecule has 2 unspecified atom stereocenters. The number of ketones is 1. The van der Waals surface area contributed by atoms with E-state index in [4.69, 9.17) is 4.74 Å². The van der Waals surface area contributed by atoms with Crippen molar-refractivity contribution < 1.29 is 9.53 Å². The Labute approximate surface area is 104 Å². The van der Waals surface area contributed by atoms with Gasteiger partial charge in [0.1, 0.15) is 5.78 Å². The van der Waals surface area contributed by atoms with E-state index in [0.717, 1.165) is 44.9 Å². The molecule has 2 heterocycles. The van der Waals surface area contributed by atoms with Crippen LogP contribution in [0.3, 0.4) is 0 Å². The highest BCUT2D eigenvalue weighted by molar-refractivity contribution is 5.80. The zero-order valence-electron chi connectivity index (χ0n) is 10.6. The number of hydrogen-bond acceptors (Lipinski definition) is 3. The Kier molecular flexibility index (Phi) is 3.48. The van der Waals surface area contributed by atoms with Gasteiger partial charge in [0, 0.05) is 44.7 Å². The lowest BCUT2D eigenvalue weighted by Gasteiger charge is -2.33. The third-order valence-corrected chi connectivity index (χ3v) is 4.45. The lowest BCUT2D eigenvalue weighted by atomic mass is 10.0. The van der Waals surface area contributed by atoms with E-state index >= 15 is 0 Å². The number of carbonyl (C=O) groups is 1. The predicted molar refractivity (Wildman–Crippen MR) is 65.9 cm³/mol. The van der Waals surface area contributed by atoms with Gasteiger partial charge in [0.25, 0.3) is 0 Å². The monoisotopic (exact) mass is 237 g/mol. The van der Waals surface area contributed by atoms with Crippen LogP contribution in [0.2, 0.25) is 0 Å². The molecular weight excluding hydrogens is 214 g/mol. The van der Waals surface area contributed by atoms with Crippen molar-refractivity contribution in [1.29, 1.82) is 0 Å². The molecule has 3 nitrogen and oxygen atoms in total. The quantitative estimate of drug-likeness (QED) is 0.662. The number of fused-ring (bicyclic) bond motifs is 2. The lowest BCUT2D eigenvalue weighted by Crippen LogP contribution is -2.43. The van der Waals surface area contributed by atoms with Crippen molar-refractivity contribution in [2.75, 3.05) is 19.8 Å². The number of hydrogen-bond donors (Lipinski definition) is 0. The first-order valence-corrected chi connectivity index (χ1v) is 7.18. The normalized spacial score (nSPS) is 33.3. The second-order valence-corrected chi connectivity index (χ2v) is 5.94. The molecule has 3 aliphatic rings. The maximum absolute atomic E-state index is 11.5. The van der Waals surface area contributed by atoms with Crippen molar-refractivity contribution >= 4 is 5.78 Å². The van der Waals surface area contributed by atoms with Gasteiger partial charge in [-0.1, -0.05) is 0 Å². The van der Waals surface area contributed by atoms with Gasteiger partial charge in [-0.3, -0.25) is 9.69 Å². The van der Waals surface area contributed by atoms with Crippen LogP contribution in [0.5, 0.6) is 0 Å². The Hall–Kier alpha value is -0.410. The van der Waals surface area contributed by atoms with Crippen molar-refractivity contribution in [3.8, 4) is 0 Å². The molecule has 96 valence electrons. The average Bonchev–Trinajstić information content (AvgIpc) is 3.07. The molecule has 0 amide bonds. The van der Waals surface area contributed by atoms with E-state index in [-0.39, 0.29) is 0 Å². The highest BCUT2D eigenvalue weighted by atomic mass is 16.5. The largest absolute Gasteiger partial charge is 0.381 e. The second-order valence-electron chi connectivity index (χ2n) is 5.94. The molecule has 2 saturated heterocycles. The summed E-state index contributed by atoms with van der Waals surface area (Å²) in [6.45, 7) is 3.01. The van der Waals surface area contributed by atoms with E-state index in [2.05, 4.69) is 4.90 Å². The summed E-state index contributed by atoms with van der Waals surface area (Å²) in [5, 5.41) is 0. The zero-order valence-corrected chi connectivity index (χ0v) is 10.6. The molecule has 0 spiro atoms. The molecule has 0 aromatic heterocycles. The summed E-state index contributed by atoms with van der Waals surface area (Å²) in [5.74, 6) is 1.36. The maximum Gasteiger partial charge on any atom is 0.136 e. The third kappa shape index (κ3) is 2.89. The molecule has 2 bridgehead atoms. The van der Waals surface area contributed by atoms with E-state index in [9.17, 15) is 4.79 Å². The Morgan fingerprint density at radius 2 is 1.82 bits per heavy atom. The minimum absolute atomic E-state index is 0.485. The summed E-state index contributed by atoms with van der Waals surface area (Å²) in [4.78, 5) is 14.0. The van der Waals surface area contributed by atoms with Crippen molar-refractivity contribution in [3.05, 3.63) is 0 Å². The first kappa shape index (κ1) is 11.7. The van der Waals surface area contributed by atoms with Crippen molar-refractivity contribution in [2.45, 2.75) is 57.0 Å². The van der Waals surface area contributed by atoms with Gasteiger partial charge in [-0.2, -0.15) is 0 Å². The van der Waals surface area contributed by atoms with Crippen LogP contribution < -0.4 is 0 Å². The van der Waals surface area contributed by atoms with Crippen LogP contribution in [0.4, 0.5) is 0 Å². The van der Waals surface area contributed by atoms with Crippen LogP contribution in [0.25, 0.3) is 0 Å². The zero-order chi connectivity index (χ0) is 11.7. The third-order valence-electron chi connectivity index (χ3n) is 4.45. The molecular formula is C14H23NO2. The first-order valence-electron chi connectivity index (χ1n) is 7.18. The van der Waals surface area contributed by atoms with Gasteiger partial charge in [0.15, 0.2) is 0 Å². The molecule has 1 aliphatic carbocycles. The summed E-state index contributed by atoms with van der Waals surface area (Å²) in [5.41, 5.74) is 0. The predicted octanol–water partition coefficient (Wildman–Crippen LogP) is 2.00. The molecule has 3 fully saturated rings. The number of nitrogens with zero attached hydrogens (tertiary/aromatic N) is 1. The molecule has 0 aromatic rings. The molecule has 0 aromatic carbocycles. The van der Waals surface area contributed by atoms with Crippen LogP contribution >= 0.6 is 0 Å². The summed E-state index contributed by atoms with van der Waals surface area (Å²) < 4.78 is 5.67. The lowest BCUT2D eigenvalue weighted by molar-refractivity contribution is -0.123. The molecule has 0 N–H and O–H groups in total. The number of carbonyl (C=O) groups excluding carboxylic acids is 1. The Balaban J connectivity index is 1.35. The fraction of sp³-hybridized carbons (Fsp3) is 0.929. The van der Waals surface area contributed by atoms with Gasteiger partial charge in [-0.05, 0) is 38.0 Å². The Bertz CT molecular complexity index is 272. The maximum atomic E-state index is 11.5. The van der Waals surface area contributed by atoms with Crippen molar-refractivity contribution in [3.63, 3.8) is 0 Å². The van der Waals surface area contributed by atoms with E-state index < -0.39 is 0 Å². The number of ether oxygens (including phenoxy) is 1. The average molecular weight is 237 g/mol. The molecule has 3 heteroatoms. The highest BCUT2D eigenvalue weighted by Crippen LogP contribution is 2.33. The molecule has 2 aliphatic heterocycles. The van der Waals surface area contributed by atoms with Crippen LogP contribution in [0.1, 0.15) is 44.9 Å². The Morgan fingerprint density at radius 1 is 1.12 bits per heavy atom. The topological polar surface area (TPSA) is 29.5 Å². The fourth-order valence-corrected chi connectivity index (χ4v) is 3.31. The van der Waals surface area contributed by atoms with Crippen LogP contribution in [-0.2, 0) is 9.53 Å². The smallest absolute Gasteiger partial charge is 0.136 e. The number of rotatable bonds is 6. The Morgan fingerprint density at radius 3 is 2.47 bits per heavy atom. The summed E-state index contributed by atoms with van der Waals surface area (Å²) in [7, 11) is 0. The van der Waals surface area contributed by atoms with Gasteiger partial charge in [-0.25, -0.2) is 0 Å². The van der Waals surface area contributed by atoms with Crippen LogP contribution in [-0.4, -0.2) is 42.5 Å². The van der Waals surface area contributed by atoms with Gasteiger partial charge >= 0.3 is 0 Å². The SMILES string of the molecule is O=C1CC2CCC(C1)N2CCCOCC1CC1. The molecule has 3 rings (SSSR count). The summed E-state index contributed by atoms with van der Waals surface area (Å²) in [6.07, 6.45) is 7.96. The van der Waals surface area contributed by atoms with Crippen molar-refractivity contribution in [2.24, 2.45) is 5.92 Å². The van der Waals surface area contributed by atoms with Crippen LogP contribution in [0, 0.1) is 5.92 Å². The van der Waals surface area contributed by atoms with Gasteiger partial charge in [0.2, 0.25) is 0 Å². The van der Waals surface area contributed by atoms with E-state index in [1.165, 1.54) is 25.7 Å². The first-order chi connectivity index (χ1) is 8.33. The number of Topliss-reactive ketones (excluding diaryl/α,β-unsaturated/α-hetero) is 1. The molecule has 0 radical (unpaired) electrons.